The molecule has 0 aliphatic carbocycles. The average Bonchev–Trinajstić information content (AvgIpc) is 3.03. The lowest BCUT2D eigenvalue weighted by Gasteiger charge is -2.32. The van der Waals surface area contributed by atoms with Gasteiger partial charge in [-0.3, -0.25) is 0 Å². The Kier molecular flexibility index (Phi) is 24.5. The number of hydrogen-bond donors (Lipinski definition) is 1. The molecular weight excluding hydrogens is 522 g/mol. The molecule has 1 N–H and O–H groups in total. The Morgan fingerprint density at radius 1 is 0.930 bits per heavy atom. The molecule has 240 valence electrons. The smallest absolute Gasteiger partial charge is 0.106 e. The third-order valence-electron chi connectivity index (χ3n) is 7.17. The van der Waals surface area contributed by atoms with E-state index in [0.29, 0.717) is 5.92 Å². The fourth-order valence-electron chi connectivity index (χ4n) is 4.19. The normalized spacial score (nSPS) is 13.5. The standard InChI is InChI=1S/C25H37N3.C8H10.C3H8.C2H6.C2H4/c1-8-19(2)22(5)28(7)25(26-18-23-13-15-27(6)16-14-23)17-21(4)24-12-10-9-11-20(24)3;1-7-3-5-8(2)6-4-7;1-3-2;2*1-2/h8-12,17,23,26H,1,4,13-16,18H2,2-3,5-7H3;3-6H,1-2H3;3H2,1-2H3;1-2H3;1-2H2/b22-19-,25-17-;;;;. The van der Waals surface area contributed by atoms with Gasteiger partial charge in [-0.1, -0.05) is 113 Å². The summed E-state index contributed by atoms with van der Waals surface area (Å²) in [6.07, 6.45) is 7.84. The van der Waals surface area contributed by atoms with Crippen LogP contribution in [0.5, 0.6) is 0 Å². The number of rotatable bonds is 8. The van der Waals surface area contributed by atoms with Crippen LogP contribution in [-0.2, 0) is 0 Å². The van der Waals surface area contributed by atoms with Gasteiger partial charge in [0.2, 0.25) is 0 Å². The SMILES string of the molecule is C=C.C=C/C(C)=C(/C)N(C)/C(=C\C(=C)c1ccccc1C)NCC1CCN(C)CC1.CC.CCC.Cc1ccc(C)cc1. The Morgan fingerprint density at radius 3 is 1.84 bits per heavy atom. The molecule has 1 fully saturated rings. The van der Waals surface area contributed by atoms with Crippen LogP contribution in [0.25, 0.3) is 5.57 Å². The van der Waals surface area contributed by atoms with E-state index in [4.69, 9.17) is 0 Å². The van der Waals surface area contributed by atoms with Crippen molar-refractivity contribution in [3.05, 3.63) is 126 Å². The van der Waals surface area contributed by atoms with Gasteiger partial charge < -0.3 is 15.1 Å². The summed E-state index contributed by atoms with van der Waals surface area (Å²) in [6.45, 7) is 36.5. The van der Waals surface area contributed by atoms with Crippen LogP contribution in [0.2, 0.25) is 0 Å². The predicted octanol–water partition coefficient (Wildman–Crippen LogP) is 10.7. The van der Waals surface area contributed by atoms with E-state index < -0.39 is 0 Å². The van der Waals surface area contributed by atoms with Crippen molar-refractivity contribution >= 4 is 5.57 Å². The van der Waals surface area contributed by atoms with Crippen LogP contribution >= 0.6 is 0 Å². The van der Waals surface area contributed by atoms with Gasteiger partial charge in [0.25, 0.3) is 0 Å². The van der Waals surface area contributed by atoms with Gasteiger partial charge in [0.15, 0.2) is 0 Å². The van der Waals surface area contributed by atoms with Gasteiger partial charge in [0.05, 0.1) is 0 Å². The van der Waals surface area contributed by atoms with Crippen LogP contribution < -0.4 is 5.32 Å². The molecule has 1 aliphatic rings. The van der Waals surface area contributed by atoms with E-state index in [2.05, 4.69) is 159 Å². The maximum atomic E-state index is 4.35. The van der Waals surface area contributed by atoms with Crippen LogP contribution in [0.15, 0.2) is 104 Å². The number of hydrogen-bond acceptors (Lipinski definition) is 3. The van der Waals surface area contributed by atoms with E-state index in [1.54, 1.807) is 0 Å². The Hall–Kier alpha value is -3.30. The monoisotopic (exact) mass is 588 g/mol. The summed E-state index contributed by atoms with van der Waals surface area (Å²) in [5, 5.41) is 3.72. The summed E-state index contributed by atoms with van der Waals surface area (Å²) in [7, 11) is 4.32. The molecule has 0 aromatic heterocycles. The maximum absolute atomic E-state index is 4.35. The van der Waals surface area contributed by atoms with Crippen molar-refractivity contribution in [1.29, 1.82) is 0 Å². The highest BCUT2D eigenvalue weighted by atomic mass is 15.2. The number of benzene rings is 2. The number of aryl methyl sites for hydroxylation is 3. The summed E-state index contributed by atoms with van der Waals surface area (Å²) in [4.78, 5) is 4.63. The molecule has 0 bridgehead atoms. The summed E-state index contributed by atoms with van der Waals surface area (Å²) < 4.78 is 0. The van der Waals surface area contributed by atoms with E-state index in [9.17, 15) is 0 Å². The molecule has 0 saturated carbocycles. The second-order valence-corrected chi connectivity index (χ2v) is 10.9. The minimum atomic E-state index is 0.713. The minimum absolute atomic E-state index is 0.713. The van der Waals surface area contributed by atoms with Crippen LogP contribution in [-0.4, -0.2) is 43.5 Å². The van der Waals surface area contributed by atoms with E-state index in [1.807, 2.05) is 19.9 Å². The van der Waals surface area contributed by atoms with E-state index in [0.717, 1.165) is 17.9 Å². The summed E-state index contributed by atoms with van der Waals surface area (Å²) in [6, 6.07) is 16.9. The third-order valence-corrected chi connectivity index (χ3v) is 7.17. The number of nitrogens with one attached hydrogen (secondary N) is 1. The Balaban J connectivity index is 0. The van der Waals surface area contributed by atoms with Crippen molar-refractivity contribution in [2.45, 2.75) is 81.6 Å². The molecule has 3 nitrogen and oxygen atoms in total. The molecule has 0 amide bonds. The van der Waals surface area contributed by atoms with E-state index in [1.165, 1.54) is 65.9 Å². The second kappa shape index (κ2) is 25.2. The molecule has 2 aromatic rings. The third kappa shape index (κ3) is 17.4. The minimum Gasteiger partial charge on any atom is -0.371 e. The Morgan fingerprint density at radius 2 is 1.40 bits per heavy atom. The van der Waals surface area contributed by atoms with Crippen molar-refractivity contribution in [3.63, 3.8) is 0 Å². The van der Waals surface area contributed by atoms with E-state index in [-0.39, 0.29) is 0 Å². The molecule has 1 aliphatic heterocycles. The molecule has 0 radical (unpaired) electrons. The van der Waals surface area contributed by atoms with Gasteiger partial charge in [-0.25, -0.2) is 0 Å². The van der Waals surface area contributed by atoms with Crippen molar-refractivity contribution < 1.29 is 0 Å². The quantitative estimate of drug-likeness (QED) is 0.245. The van der Waals surface area contributed by atoms with Gasteiger partial charge in [-0.15, -0.1) is 13.2 Å². The first kappa shape index (κ1) is 41.8. The van der Waals surface area contributed by atoms with Crippen molar-refractivity contribution in [2.24, 2.45) is 5.92 Å². The summed E-state index contributed by atoms with van der Waals surface area (Å²) in [5.41, 5.74) is 8.49. The molecule has 1 saturated heterocycles. The zero-order valence-corrected chi connectivity index (χ0v) is 29.8. The zero-order valence-electron chi connectivity index (χ0n) is 29.8. The highest BCUT2D eigenvalue weighted by Crippen LogP contribution is 2.23. The van der Waals surface area contributed by atoms with Crippen LogP contribution in [0.1, 0.15) is 83.1 Å². The summed E-state index contributed by atoms with van der Waals surface area (Å²) in [5.74, 6) is 1.80. The van der Waals surface area contributed by atoms with Gasteiger partial charge in [-0.2, -0.15) is 0 Å². The highest BCUT2D eigenvalue weighted by molar-refractivity contribution is 5.74. The number of piperidine rings is 1. The lowest BCUT2D eigenvalue weighted by molar-refractivity contribution is 0.216. The molecular formula is C40H65N3. The number of likely N-dealkylation sites (tertiary alicyclic amines) is 1. The van der Waals surface area contributed by atoms with Crippen LogP contribution in [0.4, 0.5) is 0 Å². The first-order valence-electron chi connectivity index (χ1n) is 16.0. The largest absolute Gasteiger partial charge is 0.371 e. The van der Waals surface area contributed by atoms with Crippen molar-refractivity contribution in [3.8, 4) is 0 Å². The van der Waals surface area contributed by atoms with E-state index >= 15 is 0 Å². The fraction of sp³-hybridized carbons (Fsp3) is 0.450. The Labute approximate surface area is 267 Å². The van der Waals surface area contributed by atoms with Gasteiger partial charge in [0, 0.05) is 19.3 Å². The van der Waals surface area contributed by atoms with Crippen LogP contribution in [0, 0.1) is 26.7 Å². The maximum Gasteiger partial charge on any atom is 0.106 e. The fourth-order valence-corrected chi connectivity index (χ4v) is 4.19. The molecule has 3 rings (SSSR count). The van der Waals surface area contributed by atoms with Crippen molar-refractivity contribution in [1.82, 2.24) is 15.1 Å². The molecule has 0 unspecified atom stereocenters. The molecule has 0 atom stereocenters. The lowest BCUT2D eigenvalue weighted by atomic mass is 9.97. The van der Waals surface area contributed by atoms with Gasteiger partial charge in [0.1, 0.15) is 5.82 Å². The molecule has 3 heteroatoms. The number of nitrogens with zero attached hydrogens (tertiary/aromatic N) is 2. The molecule has 0 spiro atoms. The average molecular weight is 588 g/mol. The lowest BCUT2D eigenvalue weighted by Crippen LogP contribution is -2.37. The van der Waals surface area contributed by atoms with Crippen molar-refractivity contribution in [2.75, 3.05) is 33.7 Å². The summed E-state index contributed by atoms with van der Waals surface area (Å²) >= 11 is 0. The zero-order chi connectivity index (χ0) is 33.4. The number of allylic oxidation sites excluding steroid dienone is 5. The Bertz CT molecular complexity index is 1060. The topological polar surface area (TPSA) is 18.5 Å². The van der Waals surface area contributed by atoms with Gasteiger partial charge in [-0.05, 0) is 102 Å². The molecule has 1 heterocycles. The van der Waals surface area contributed by atoms with Crippen LogP contribution in [0.3, 0.4) is 0 Å². The molecule has 2 aromatic carbocycles. The first-order chi connectivity index (χ1) is 20.5. The highest BCUT2D eigenvalue weighted by Gasteiger charge is 2.18. The molecule has 43 heavy (non-hydrogen) atoms. The first-order valence-corrected chi connectivity index (χ1v) is 16.0. The predicted molar refractivity (Wildman–Crippen MR) is 197 cm³/mol. The second-order valence-electron chi connectivity index (χ2n) is 10.9. The van der Waals surface area contributed by atoms with Gasteiger partial charge >= 0.3 is 0 Å².